The van der Waals surface area contributed by atoms with Crippen LogP contribution in [0.25, 0.3) is 0 Å². The zero-order chi connectivity index (χ0) is 16.8. The fourth-order valence-corrected chi connectivity index (χ4v) is 3.02. The van der Waals surface area contributed by atoms with Gasteiger partial charge in [-0.3, -0.25) is 9.69 Å². The van der Waals surface area contributed by atoms with Crippen molar-refractivity contribution in [1.82, 2.24) is 10.2 Å². The maximum absolute atomic E-state index is 12.5. The molecule has 0 unspecified atom stereocenters. The van der Waals surface area contributed by atoms with Crippen LogP contribution < -0.4 is 10.6 Å². The first-order valence-corrected chi connectivity index (χ1v) is 8.31. The van der Waals surface area contributed by atoms with E-state index in [-0.39, 0.29) is 11.9 Å². The standard InChI is InChI=1S/C18H26N4O/c1-13(2)20-16-8-10-22(11-9-16)14(3)18(23)21-17-7-5-4-6-15(17)12-19/h4-7,13-14,16,20H,8-11H2,1-3H3,(H,21,23)/t14-/m0/s1. The van der Waals surface area contributed by atoms with Gasteiger partial charge in [-0.2, -0.15) is 5.26 Å². The highest BCUT2D eigenvalue weighted by Gasteiger charge is 2.27. The van der Waals surface area contributed by atoms with Gasteiger partial charge in [0.15, 0.2) is 0 Å². The summed E-state index contributed by atoms with van der Waals surface area (Å²) in [5.74, 6) is -0.0528. The van der Waals surface area contributed by atoms with Gasteiger partial charge >= 0.3 is 0 Å². The smallest absolute Gasteiger partial charge is 0.241 e. The Morgan fingerprint density at radius 3 is 2.52 bits per heavy atom. The molecule has 0 spiro atoms. The molecule has 1 aliphatic rings. The van der Waals surface area contributed by atoms with Crippen molar-refractivity contribution in [3.8, 4) is 6.07 Å². The number of benzene rings is 1. The Morgan fingerprint density at radius 1 is 1.26 bits per heavy atom. The zero-order valence-corrected chi connectivity index (χ0v) is 14.2. The minimum atomic E-state index is -0.193. The van der Waals surface area contributed by atoms with Crippen LogP contribution >= 0.6 is 0 Å². The summed E-state index contributed by atoms with van der Waals surface area (Å²) in [6, 6.07) is 10.0. The molecule has 1 fully saturated rings. The van der Waals surface area contributed by atoms with E-state index in [9.17, 15) is 4.79 Å². The summed E-state index contributed by atoms with van der Waals surface area (Å²) in [4.78, 5) is 14.7. The van der Waals surface area contributed by atoms with Crippen LogP contribution in [0.4, 0.5) is 5.69 Å². The van der Waals surface area contributed by atoms with Crippen LogP contribution in [0.3, 0.4) is 0 Å². The van der Waals surface area contributed by atoms with E-state index in [2.05, 4.69) is 35.5 Å². The van der Waals surface area contributed by atoms with E-state index in [1.165, 1.54) is 0 Å². The number of rotatable bonds is 5. The largest absolute Gasteiger partial charge is 0.324 e. The van der Waals surface area contributed by atoms with Gasteiger partial charge in [-0.1, -0.05) is 26.0 Å². The summed E-state index contributed by atoms with van der Waals surface area (Å²) in [5.41, 5.74) is 1.08. The van der Waals surface area contributed by atoms with Gasteiger partial charge in [-0.05, 0) is 31.9 Å². The number of likely N-dealkylation sites (tertiary alicyclic amines) is 1. The van der Waals surface area contributed by atoms with Gasteiger partial charge in [0.05, 0.1) is 17.3 Å². The summed E-state index contributed by atoms with van der Waals surface area (Å²) in [7, 11) is 0. The lowest BCUT2D eigenvalue weighted by Gasteiger charge is -2.36. The van der Waals surface area contributed by atoms with Crippen LogP contribution in [-0.4, -0.2) is 42.0 Å². The molecule has 124 valence electrons. The van der Waals surface area contributed by atoms with E-state index >= 15 is 0 Å². The maximum Gasteiger partial charge on any atom is 0.241 e. The highest BCUT2D eigenvalue weighted by molar-refractivity contribution is 5.95. The van der Waals surface area contributed by atoms with Gasteiger partial charge in [0.1, 0.15) is 6.07 Å². The summed E-state index contributed by atoms with van der Waals surface area (Å²) in [5, 5.41) is 15.5. The van der Waals surface area contributed by atoms with E-state index in [4.69, 9.17) is 5.26 Å². The lowest BCUT2D eigenvalue weighted by molar-refractivity contribution is -0.121. The number of anilines is 1. The second-order valence-electron chi connectivity index (χ2n) is 6.45. The number of amides is 1. The SMILES string of the molecule is CC(C)NC1CCN([C@@H](C)C(=O)Nc2ccccc2C#N)CC1. The summed E-state index contributed by atoms with van der Waals surface area (Å²) in [6.45, 7) is 8.09. The van der Waals surface area contributed by atoms with E-state index in [0.29, 0.717) is 23.3 Å². The van der Waals surface area contributed by atoms with Gasteiger partial charge < -0.3 is 10.6 Å². The fraction of sp³-hybridized carbons (Fsp3) is 0.556. The van der Waals surface area contributed by atoms with E-state index in [1.807, 2.05) is 13.0 Å². The number of carbonyl (C=O) groups is 1. The molecule has 0 aromatic heterocycles. The van der Waals surface area contributed by atoms with Crippen LogP contribution in [0.1, 0.15) is 39.2 Å². The third-order valence-corrected chi connectivity index (χ3v) is 4.33. The number of nitrogens with zero attached hydrogens (tertiary/aromatic N) is 2. The highest BCUT2D eigenvalue weighted by Crippen LogP contribution is 2.17. The molecule has 1 amide bonds. The first-order chi connectivity index (χ1) is 11.0. The highest BCUT2D eigenvalue weighted by atomic mass is 16.2. The van der Waals surface area contributed by atoms with Crippen molar-refractivity contribution in [1.29, 1.82) is 5.26 Å². The Morgan fingerprint density at radius 2 is 1.91 bits per heavy atom. The molecule has 1 saturated heterocycles. The molecule has 0 saturated carbocycles. The third kappa shape index (κ3) is 4.78. The zero-order valence-electron chi connectivity index (χ0n) is 14.2. The molecule has 5 heteroatoms. The summed E-state index contributed by atoms with van der Waals surface area (Å²) >= 11 is 0. The second-order valence-corrected chi connectivity index (χ2v) is 6.45. The van der Waals surface area contributed by atoms with Crippen molar-refractivity contribution < 1.29 is 4.79 Å². The van der Waals surface area contributed by atoms with Crippen molar-refractivity contribution >= 4 is 11.6 Å². The van der Waals surface area contributed by atoms with Crippen molar-refractivity contribution in [3.05, 3.63) is 29.8 Å². The molecule has 5 nitrogen and oxygen atoms in total. The van der Waals surface area contributed by atoms with Crippen molar-refractivity contribution in [2.24, 2.45) is 0 Å². The lowest BCUT2D eigenvalue weighted by Crippen LogP contribution is -2.50. The normalized spacial score (nSPS) is 17.7. The predicted octanol–water partition coefficient (Wildman–Crippen LogP) is 2.35. The molecule has 2 N–H and O–H groups in total. The topological polar surface area (TPSA) is 68.2 Å². The van der Waals surface area contributed by atoms with Gasteiger partial charge in [0.2, 0.25) is 5.91 Å². The molecular formula is C18H26N4O. The Balaban J connectivity index is 1.90. The molecule has 2 rings (SSSR count). The lowest BCUT2D eigenvalue weighted by atomic mass is 10.0. The number of nitrogens with one attached hydrogen (secondary N) is 2. The number of nitriles is 1. The molecule has 1 aromatic rings. The first kappa shape index (κ1) is 17.5. The van der Waals surface area contributed by atoms with E-state index < -0.39 is 0 Å². The molecule has 0 radical (unpaired) electrons. The number of para-hydroxylation sites is 1. The minimum absolute atomic E-state index is 0.0528. The third-order valence-electron chi connectivity index (χ3n) is 4.33. The van der Waals surface area contributed by atoms with Crippen molar-refractivity contribution in [2.45, 2.75) is 51.7 Å². The summed E-state index contributed by atoms with van der Waals surface area (Å²) < 4.78 is 0. The van der Waals surface area contributed by atoms with Gasteiger partial charge in [0, 0.05) is 25.2 Å². The van der Waals surface area contributed by atoms with Crippen molar-refractivity contribution in [3.63, 3.8) is 0 Å². The number of carbonyl (C=O) groups excluding carboxylic acids is 1. The van der Waals surface area contributed by atoms with Crippen LogP contribution in [0, 0.1) is 11.3 Å². The molecule has 1 aliphatic heterocycles. The van der Waals surface area contributed by atoms with Gasteiger partial charge in [-0.25, -0.2) is 0 Å². The van der Waals surface area contributed by atoms with Gasteiger partial charge in [-0.15, -0.1) is 0 Å². The molecule has 0 bridgehead atoms. The summed E-state index contributed by atoms with van der Waals surface area (Å²) in [6.07, 6.45) is 2.12. The number of piperidine rings is 1. The van der Waals surface area contributed by atoms with E-state index in [1.54, 1.807) is 18.2 Å². The Labute approximate surface area is 138 Å². The Kier molecular flexibility index (Phi) is 6.14. The molecule has 23 heavy (non-hydrogen) atoms. The van der Waals surface area contributed by atoms with Crippen LogP contribution in [0.15, 0.2) is 24.3 Å². The quantitative estimate of drug-likeness (QED) is 0.875. The molecule has 1 atom stereocenters. The average Bonchev–Trinajstić information content (AvgIpc) is 2.55. The maximum atomic E-state index is 12.5. The van der Waals surface area contributed by atoms with Crippen LogP contribution in [0.5, 0.6) is 0 Å². The second kappa shape index (κ2) is 8.09. The van der Waals surface area contributed by atoms with Crippen LogP contribution in [-0.2, 0) is 4.79 Å². The van der Waals surface area contributed by atoms with Gasteiger partial charge in [0.25, 0.3) is 0 Å². The Bertz CT molecular complexity index is 571. The molecule has 1 heterocycles. The fourth-order valence-electron chi connectivity index (χ4n) is 3.02. The van der Waals surface area contributed by atoms with Crippen molar-refractivity contribution in [2.75, 3.05) is 18.4 Å². The minimum Gasteiger partial charge on any atom is -0.324 e. The first-order valence-electron chi connectivity index (χ1n) is 8.31. The molecular weight excluding hydrogens is 288 g/mol. The monoisotopic (exact) mass is 314 g/mol. The van der Waals surface area contributed by atoms with E-state index in [0.717, 1.165) is 25.9 Å². The predicted molar refractivity (Wildman–Crippen MR) is 92.1 cm³/mol. The molecule has 0 aliphatic carbocycles. The van der Waals surface area contributed by atoms with Crippen LogP contribution in [0.2, 0.25) is 0 Å². The number of hydrogen-bond donors (Lipinski definition) is 2. The molecule has 1 aromatic carbocycles. The average molecular weight is 314 g/mol. The number of hydrogen-bond acceptors (Lipinski definition) is 4. The Hall–Kier alpha value is -1.90.